The van der Waals surface area contributed by atoms with E-state index in [2.05, 4.69) is 20.8 Å². The molecular formula is C10H22O2. The van der Waals surface area contributed by atoms with Crippen LogP contribution in [0.25, 0.3) is 0 Å². The Morgan fingerprint density at radius 1 is 1.08 bits per heavy atom. The van der Waals surface area contributed by atoms with Crippen LogP contribution in [0.5, 0.6) is 0 Å². The van der Waals surface area contributed by atoms with Gasteiger partial charge < -0.3 is 9.47 Å². The molecule has 0 aliphatic heterocycles. The van der Waals surface area contributed by atoms with Gasteiger partial charge in [-0.1, -0.05) is 20.8 Å². The Hall–Kier alpha value is -0.0800. The average Bonchev–Trinajstić information content (AvgIpc) is 1.96. The predicted octanol–water partition coefficient (Wildman–Crippen LogP) is 2.82. The van der Waals surface area contributed by atoms with Crippen molar-refractivity contribution in [3.05, 3.63) is 0 Å². The maximum Gasteiger partial charge on any atom is 0.156 e. The molecule has 0 radical (unpaired) electrons. The van der Waals surface area contributed by atoms with Crippen molar-refractivity contribution in [1.82, 2.24) is 0 Å². The molecule has 0 saturated heterocycles. The van der Waals surface area contributed by atoms with Crippen LogP contribution in [-0.2, 0) is 9.47 Å². The van der Waals surface area contributed by atoms with Crippen molar-refractivity contribution in [3.63, 3.8) is 0 Å². The zero-order chi connectivity index (χ0) is 9.61. The highest BCUT2D eigenvalue weighted by molar-refractivity contribution is 4.61. The summed E-state index contributed by atoms with van der Waals surface area (Å²) in [6.45, 7) is 6.75. The van der Waals surface area contributed by atoms with Crippen LogP contribution in [0, 0.1) is 5.41 Å². The lowest BCUT2D eigenvalue weighted by atomic mass is 9.90. The van der Waals surface area contributed by atoms with Crippen molar-refractivity contribution in [2.45, 2.75) is 46.3 Å². The molecule has 0 aromatic carbocycles. The number of hydrogen-bond donors (Lipinski definition) is 0. The lowest BCUT2D eigenvalue weighted by molar-refractivity contribution is -0.107. The van der Waals surface area contributed by atoms with Gasteiger partial charge >= 0.3 is 0 Å². The molecule has 74 valence electrons. The summed E-state index contributed by atoms with van der Waals surface area (Å²) in [5.74, 6) is 0. The molecule has 0 N–H and O–H groups in total. The standard InChI is InChI=1S/C10H22O2/c1-10(2,3)8-6-7-9(11-4)12-5/h9H,6-8H2,1-5H3. The van der Waals surface area contributed by atoms with Crippen LogP contribution >= 0.6 is 0 Å². The van der Waals surface area contributed by atoms with E-state index in [0.717, 1.165) is 12.8 Å². The Morgan fingerprint density at radius 2 is 1.58 bits per heavy atom. The second-order valence-electron chi connectivity index (χ2n) is 4.35. The van der Waals surface area contributed by atoms with Gasteiger partial charge in [0.15, 0.2) is 6.29 Å². The number of rotatable bonds is 5. The van der Waals surface area contributed by atoms with E-state index in [4.69, 9.17) is 9.47 Å². The Balaban J connectivity index is 3.41. The third-order valence-electron chi connectivity index (χ3n) is 1.89. The van der Waals surface area contributed by atoms with Gasteiger partial charge in [0.05, 0.1) is 0 Å². The average molecular weight is 174 g/mol. The minimum absolute atomic E-state index is 0.0210. The SMILES string of the molecule is COC(CCCC(C)(C)C)OC. The van der Waals surface area contributed by atoms with E-state index < -0.39 is 0 Å². The summed E-state index contributed by atoms with van der Waals surface area (Å²) in [4.78, 5) is 0. The van der Waals surface area contributed by atoms with E-state index in [-0.39, 0.29) is 6.29 Å². The van der Waals surface area contributed by atoms with Crippen LogP contribution < -0.4 is 0 Å². The Morgan fingerprint density at radius 3 is 1.92 bits per heavy atom. The van der Waals surface area contributed by atoms with E-state index in [1.807, 2.05) is 0 Å². The monoisotopic (exact) mass is 174 g/mol. The summed E-state index contributed by atoms with van der Waals surface area (Å²) >= 11 is 0. The quantitative estimate of drug-likeness (QED) is 0.597. The fraction of sp³-hybridized carbons (Fsp3) is 1.00. The summed E-state index contributed by atoms with van der Waals surface area (Å²) in [6.07, 6.45) is 3.35. The second kappa shape index (κ2) is 5.55. The predicted molar refractivity (Wildman–Crippen MR) is 51.1 cm³/mol. The van der Waals surface area contributed by atoms with Gasteiger partial charge in [-0.05, 0) is 24.7 Å². The second-order valence-corrected chi connectivity index (χ2v) is 4.35. The molecule has 0 fully saturated rings. The van der Waals surface area contributed by atoms with Gasteiger partial charge in [-0.3, -0.25) is 0 Å². The fourth-order valence-electron chi connectivity index (χ4n) is 1.13. The number of hydrogen-bond acceptors (Lipinski definition) is 2. The van der Waals surface area contributed by atoms with Gasteiger partial charge in [-0.2, -0.15) is 0 Å². The molecule has 12 heavy (non-hydrogen) atoms. The van der Waals surface area contributed by atoms with Crippen LogP contribution in [0.15, 0.2) is 0 Å². The van der Waals surface area contributed by atoms with Gasteiger partial charge in [0, 0.05) is 14.2 Å². The van der Waals surface area contributed by atoms with E-state index >= 15 is 0 Å². The summed E-state index contributed by atoms with van der Waals surface area (Å²) in [6, 6.07) is 0. The van der Waals surface area contributed by atoms with E-state index in [9.17, 15) is 0 Å². The Labute approximate surface area is 76.3 Å². The van der Waals surface area contributed by atoms with Gasteiger partial charge in [0.1, 0.15) is 0 Å². The first-order valence-electron chi connectivity index (χ1n) is 4.55. The van der Waals surface area contributed by atoms with Crippen LogP contribution in [0.2, 0.25) is 0 Å². The number of methoxy groups -OCH3 is 2. The van der Waals surface area contributed by atoms with Crippen molar-refractivity contribution < 1.29 is 9.47 Å². The molecule has 2 nitrogen and oxygen atoms in total. The van der Waals surface area contributed by atoms with Crippen LogP contribution in [-0.4, -0.2) is 20.5 Å². The van der Waals surface area contributed by atoms with Crippen LogP contribution in [0.1, 0.15) is 40.0 Å². The zero-order valence-corrected chi connectivity index (χ0v) is 9.02. The van der Waals surface area contributed by atoms with E-state index in [0.29, 0.717) is 5.41 Å². The lowest BCUT2D eigenvalue weighted by Gasteiger charge is -2.19. The molecule has 0 aromatic heterocycles. The summed E-state index contributed by atoms with van der Waals surface area (Å²) in [5.41, 5.74) is 0.423. The summed E-state index contributed by atoms with van der Waals surface area (Å²) in [7, 11) is 3.37. The third kappa shape index (κ3) is 6.62. The normalized spacial score (nSPS) is 12.5. The zero-order valence-electron chi connectivity index (χ0n) is 9.02. The largest absolute Gasteiger partial charge is 0.356 e. The molecule has 0 atom stereocenters. The molecule has 0 aliphatic rings. The highest BCUT2D eigenvalue weighted by Gasteiger charge is 2.11. The topological polar surface area (TPSA) is 18.5 Å². The highest BCUT2D eigenvalue weighted by atomic mass is 16.7. The minimum Gasteiger partial charge on any atom is -0.356 e. The molecule has 0 bridgehead atoms. The van der Waals surface area contributed by atoms with Gasteiger partial charge in [-0.25, -0.2) is 0 Å². The summed E-state index contributed by atoms with van der Waals surface area (Å²) in [5, 5.41) is 0. The molecule has 0 heterocycles. The molecule has 0 rings (SSSR count). The molecule has 0 spiro atoms. The van der Waals surface area contributed by atoms with Crippen LogP contribution in [0.3, 0.4) is 0 Å². The Bertz CT molecular complexity index is 101. The molecule has 0 amide bonds. The molecule has 0 saturated carbocycles. The Kier molecular flexibility index (Phi) is 5.51. The molecule has 0 aliphatic carbocycles. The first-order valence-corrected chi connectivity index (χ1v) is 4.55. The number of ether oxygens (including phenoxy) is 2. The van der Waals surface area contributed by atoms with Crippen molar-refractivity contribution in [3.8, 4) is 0 Å². The molecular weight excluding hydrogens is 152 g/mol. The van der Waals surface area contributed by atoms with E-state index in [1.165, 1.54) is 6.42 Å². The van der Waals surface area contributed by atoms with Crippen molar-refractivity contribution in [1.29, 1.82) is 0 Å². The first-order chi connectivity index (χ1) is 5.49. The maximum atomic E-state index is 5.09. The molecule has 2 heteroatoms. The van der Waals surface area contributed by atoms with Crippen molar-refractivity contribution >= 4 is 0 Å². The van der Waals surface area contributed by atoms with Gasteiger partial charge in [0.2, 0.25) is 0 Å². The first kappa shape index (κ1) is 11.9. The molecule has 0 unspecified atom stereocenters. The van der Waals surface area contributed by atoms with Crippen molar-refractivity contribution in [2.24, 2.45) is 5.41 Å². The lowest BCUT2D eigenvalue weighted by Crippen LogP contribution is -2.14. The van der Waals surface area contributed by atoms with Gasteiger partial charge in [-0.15, -0.1) is 0 Å². The molecule has 0 aromatic rings. The van der Waals surface area contributed by atoms with Gasteiger partial charge in [0.25, 0.3) is 0 Å². The minimum atomic E-state index is -0.0210. The van der Waals surface area contributed by atoms with Crippen LogP contribution in [0.4, 0.5) is 0 Å². The fourth-order valence-corrected chi connectivity index (χ4v) is 1.13. The van der Waals surface area contributed by atoms with Crippen molar-refractivity contribution in [2.75, 3.05) is 14.2 Å². The van der Waals surface area contributed by atoms with E-state index in [1.54, 1.807) is 14.2 Å². The smallest absolute Gasteiger partial charge is 0.156 e. The summed E-state index contributed by atoms with van der Waals surface area (Å²) < 4.78 is 10.2. The third-order valence-corrected chi connectivity index (χ3v) is 1.89. The maximum absolute atomic E-state index is 5.09. The highest BCUT2D eigenvalue weighted by Crippen LogP contribution is 2.22.